The van der Waals surface area contributed by atoms with Crippen molar-refractivity contribution in [2.24, 2.45) is 0 Å². The molecule has 31 heavy (non-hydrogen) atoms. The van der Waals surface area contributed by atoms with Crippen LogP contribution < -0.4 is 16.0 Å². The van der Waals surface area contributed by atoms with Crippen LogP contribution in [0.25, 0.3) is 16.9 Å². The molecule has 0 unspecified atom stereocenters. The zero-order chi connectivity index (χ0) is 21.4. The van der Waals surface area contributed by atoms with Gasteiger partial charge in [0.2, 0.25) is 5.95 Å². The molecule has 158 valence electrons. The van der Waals surface area contributed by atoms with Gasteiger partial charge in [-0.3, -0.25) is 4.57 Å². The number of benzene rings is 1. The van der Waals surface area contributed by atoms with E-state index in [1.165, 1.54) is 18.1 Å². The van der Waals surface area contributed by atoms with Crippen LogP contribution in [0.2, 0.25) is 0 Å². The number of pyridine rings is 1. The second-order valence-electron chi connectivity index (χ2n) is 7.66. The molecule has 1 aliphatic heterocycles. The van der Waals surface area contributed by atoms with Gasteiger partial charge in [0.05, 0.1) is 5.39 Å². The lowest BCUT2D eigenvalue weighted by molar-refractivity contribution is 0.313. The largest absolute Gasteiger partial charge is 0.384 e. The summed E-state index contributed by atoms with van der Waals surface area (Å²) in [5.41, 5.74) is 8.25. The van der Waals surface area contributed by atoms with E-state index in [0.29, 0.717) is 28.6 Å². The van der Waals surface area contributed by atoms with E-state index in [0.717, 1.165) is 31.9 Å². The third kappa shape index (κ3) is 3.87. The second-order valence-corrected chi connectivity index (χ2v) is 7.66. The van der Waals surface area contributed by atoms with Crippen molar-refractivity contribution in [2.75, 3.05) is 49.2 Å². The lowest BCUT2D eigenvalue weighted by Gasteiger charge is -2.34. The van der Waals surface area contributed by atoms with Crippen molar-refractivity contribution in [3.05, 3.63) is 60.7 Å². The van der Waals surface area contributed by atoms with Gasteiger partial charge in [-0.05, 0) is 43.4 Å². The molecule has 5 rings (SSSR count). The molecule has 0 aliphatic carbocycles. The van der Waals surface area contributed by atoms with Gasteiger partial charge in [0, 0.05) is 49.9 Å². The molecule has 4 heterocycles. The Morgan fingerprint density at radius 1 is 1.00 bits per heavy atom. The van der Waals surface area contributed by atoms with Crippen LogP contribution in [-0.2, 0) is 0 Å². The Kier molecular flexibility index (Phi) is 4.87. The van der Waals surface area contributed by atoms with Gasteiger partial charge in [-0.2, -0.15) is 4.98 Å². The third-order valence-electron chi connectivity index (χ3n) is 5.49. The first-order valence-electron chi connectivity index (χ1n) is 10.1. The first-order chi connectivity index (χ1) is 15.1. The molecule has 3 aromatic heterocycles. The highest BCUT2D eigenvalue weighted by Crippen LogP contribution is 2.25. The lowest BCUT2D eigenvalue weighted by Crippen LogP contribution is -2.44. The minimum Gasteiger partial charge on any atom is -0.384 e. The number of hydrogen-bond acceptors (Lipinski definition) is 7. The molecular formula is C22H23FN8. The average molecular weight is 418 g/mol. The fraction of sp³-hybridized carbons (Fsp3) is 0.227. The van der Waals surface area contributed by atoms with Crippen LogP contribution in [0.15, 0.2) is 54.9 Å². The Bertz CT molecular complexity index is 1210. The monoisotopic (exact) mass is 418 g/mol. The van der Waals surface area contributed by atoms with Gasteiger partial charge < -0.3 is 20.9 Å². The van der Waals surface area contributed by atoms with Gasteiger partial charge >= 0.3 is 0 Å². The molecule has 0 amide bonds. The summed E-state index contributed by atoms with van der Waals surface area (Å²) in [5, 5.41) is 3.52. The van der Waals surface area contributed by atoms with Crippen LogP contribution in [0.1, 0.15) is 0 Å². The maximum absolute atomic E-state index is 14.4. The van der Waals surface area contributed by atoms with E-state index < -0.39 is 5.82 Å². The molecular weight excluding hydrogens is 395 g/mol. The molecule has 0 spiro atoms. The predicted octanol–water partition coefficient (Wildman–Crippen LogP) is 3.03. The number of likely N-dealkylation sites (N-methyl/N-ethyl adjacent to an activating group) is 1. The summed E-state index contributed by atoms with van der Waals surface area (Å²) < 4.78 is 16.0. The zero-order valence-electron chi connectivity index (χ0n) is 17.2. The number of hydrogen-bond donors (Lipinski definition) is 2. The van der Waals surface area contributed by atoms with Gasteiger partial charge in [0.15, 0.2) is 11.5 Å². The highest BCUT2D eigenvalue weighted by Gasteiger charge is 2.15. The van der Waals surface area contributed by atoms with E-state index in [9.17, 15) is 4.39 Å². The maximum atomic E-state index is 14.4. The number of rotatable bonds is 4. The predicted molar refractivity (Wildman–Crippen MR) is 120 cm³/mol. The first-order valence-corrected chi connectivity index (χ1v) is 10.1. The summed E-state index contributed by atoms with van der Waals surface area (Å²) in [4.78, 5) is 17.8. The summed E-state index contributed by atoms with van der Waals surface area (Å²) in [5.74, 6) is 0.813. The SMILES string of the molecule is CN1CCN(c2ccc(Nc3ncc4c(F)cn(-c5cccc(N)n5)c4n3)cc2)CC1. The number of piperazine rings is 1. The van der Waals surface area contributed by atoms with E-state index >= 15 is 0 Å². The molecule has 9 heteroatoms. The van der Waals surface area contributed by atoms with Crippen molar-refractivity contribution in [1.82, 2.24) is 24.4 Å². The van der Waals surface area contributed by atoms with E-state index in [-0.39, 0.29) is 0 Å². The quantitative estimate of drug-likeness (QED) is 0.527. The second kappa shape index (κ2) is 7.84. The lowest BCUT2D eigenvalue weighted by atomic mass is 10.2. The highest BCUT2D eigenvalue weighted by molar-refractivity contribution is 5.79. The summed E-state index contributed by atoms with van der Waals surface area (Å²) in [7, 11) is 2.15. The molecule has 1 fully saturated rings. The minimum absolute atomic E-state index is 0.320. The zero-order valence-corrected chi connectivity index (χ0v) is 17.2. The topological polar surface area (TPSA) is 88.1 Å². The molecule has 1 saturated heterocycles. The van der Waals surface area contributed by atoms with E-state index in [2.05, 4.69) is 49.2 Å². The van der Waals surface area contributed by atoms with Crippen molar-refractivity contribution in [2.45, 2.75) is 0 Å². The van der Waals surface area contributed by atoms with Gasteiger partial charge in [-0.15, -0.1) is 0 Å². The van der Waals surface area contributed by atoms with Crippen molar-refractivity contribution < 1.29 is 4.39 Å². The number of fused-ring (bicyclic) bond motifs is 1. The Hall–Kier alpha value is -3.72. The van der Waals surface area contributed by atoms with Crippen molar-refractivity contribution in [3.63, 3.8) is 0 Å². The Morgan fingerprint density at radius 2 is 1.77 bits per heavy atom. The molecule has 4 aromatic rings. The number of nitrogen functional groups attached to an aromatic ring is 1. The average Bonchev–Trinajstić information content (AvgIpc) is 3.11. The van der Waals surface area contributed by atoms with Crippen molar-refractivity contribution >= 4 is 34.2 Å². The van der Waals surface area contributed by atoms with Crippen molar-refractivity contribution in [1.29, 1.82) is 0 Å². The number of nitrogens with one attached hydrogen (secondary N) is 1. The summed E-state index contributed by atoms with van der Waals surface area (Å²) in [6.07, 6.45) is 2.82. The normalized spacial score (nSPS) is 14.8. The molecule has 0 bridgehead atoms. The number of halogens is 1. The van der Waals surface area contributed by atoms with E-state index in [1.807, 2.05) is 12.1 Å². The van der Waals surface area contributed by atoms with Gasteiger partial charge in [-0.25, -0.2) is 14.4 Å². The van der Waals surface area contributed by atoms with Crippen molar-refractivity contribution in [3.8, 4) is 5.82 Å². The minimum atomic E-state index is -0.415. The van der Waals surface area contributed by atoms with Crippen LogP contribution in [0.3, 0.4) is 0 Å². The number of aromatic nitrogens is 4. The molecule has 1 aromatic carbocycles. The molecule has 3 N–H and O–H groups in total. The molecule has 0 saturated carbocycles. The first kappa shape index (κ1) is 19.3. The molecule has 1 aliphatic rings. The summed E-state index contributed by atoms with van der Waals surface area (Å²) in [6.45, 7) is 4.16. The Morgan fingerprint density at radius 3 is 2.52 bits per heavy atom. The van der Waals surface area contributed by atoms with Crippen LogP contribution in [0.4, 0.5) is 27.5 Å². The van der Waals surface area contributed by atoms with Crippen LogP contribution in [0, 0.1) is 5.82 Å². The summed E-state index contributed by atoms with van der Waals surface area (Å²) in [6, 6.07) is 13.4. The Balaban J connectivity index is 1.40. The van der Waals surface area contributed by atoms with E-state index in [4.69, 9.17) is 5.73 Å². The van der Waals surface area contributed by atoms with Crippen LogP contribution in [-0.4, -0.2) is 57.6 Å². The number of nitrogens with two attached hydrogens (primary N) is 1. The van der Waals surface area contributed by atoms with Gasteiger partial charge in [-0.1, -0.05) is 6.07 Å². The number of nitrogens with zero attached hydrogens (tertiary/aromatic N) is 6. The highest BCUT2D eigenvalue weighted by atomic mass is 19.1. The third-order valence-corrected chi connectivity index (χ3v) is 5.49. The standard InChI is InChI=1S/C22H23FN8/c1-29-9-11-30(12-10-29)16-7-5-15(6-8-16)26-22-25-13-17-18(23)14-31(21(17)28-22)20-4-2-3-19(24)27-20/h2-8,13-14H,9-12H2,1H3,(H2,24,27)(H,25,26,28). The molecule has 0 atom stereocenters. The van der Waals surface area contributed by atoms with Gasteiger partial charge in [0.1, 0.15) is 11.6 Å². The van der Waals surface area contributed by atoms with Crippen LogP contribution in [0.5, 0.6) is 0 Å². The van der Waals surface area contributed by atoms with E-state index in [1.54, 1.807) is 22.8 Å². The Labute approximate surface area is 179 Å². The van der Waals surface area contributed by atoms with Gasteiger partial charge in [0.25, 0.3) is 0 Å². The number of anilines is 4. The summed E-state index contributed by atoms with van der Waals surface area (Å²) >= 11 is 0. The fourth-order valence-corrected chi connectivity index (χ4v) is 3.73. The van der Waals surface area contributed by atoms with Crippen LogP contribution >= 0.6 is 0 Å². The maximum Gasteiger partial charge on any atom is 0.229 e. The molecule has 8 nitrogen and oxygen atoms in total. The molecule has 0 radical (unpaired) electrons. The fourth-order valence-electron chi connectivity index (χ4n) is 3.73. The smallest absolute Gasteiger partial charge is 0.229 e.